The van der Waals surface area contributed by atoms with E-state index in [9.17, 15) is 4.79 Å². The van der Waals surface area contributed by atoms with E-state index in [1.807, 2.05) is 0 Å². The number of carbonyl (C=O) groups excluding carboxylic acids is 1. The van der Waals surface area contributed by atoms with Gasteiger partial charge in [0.1, 0.15) is -1.13 Å². The van der Waals surface area contributed by atoms with E-state index in [-0.39, 0.29) is -1.13 Å². The average molecular weight is 898 g/mol. The van der Waals surface area contributed by atoms with Crippen LogP contribution in [0.4, 0.5) is 4.79 Å². The first-order valence-electron chi connectivity index (χ1n) is 3.46. The Bertz CT molecular complexity index is 259. The van der Waals surface area contributed by atoms with Crippen molar-refractivity contribution in [3.8, 4) is 0 Å². The van der Waals surface area contributed by atoms with Gasteiger partial charge in [0.2, 0.25) is 0 Å². The van der Waals surface area contributed by atoms with E-state index in [0.29, 0.717) is 0 Å². The molecule has 16 heavy (non-hydrogen) atoms. The van der Waals surface area contributed by atoms with E-state index in [2.05, 4.69) is 136 Å². The third-order valence-corrected chi connectivity index (χ3v) is 3.00. The Morgan fingerprint density at radius 1 is 0.812 bits per heavy atom. The van der Waals surface area contributed by atoms with E-state index in [0.717, 1.165) is 0 Å². The van der Waals surface area contributed by atoms with Crippen molar-refractivity contribution in [1.29, 1.82) is 0 Å². The summed E-state index contributed by atoms with van der Waals surface area (Å²) in [5, 5.41) is 0. The maximum atomic E-state index is 11.1. The Balaban J connectivity index is 3.94. The lowest BCUT2D eigenvalue weighted by molar-refractivity contribution is 0.119. The zero-order chi connectivity index (χ0) is 12.8. The van der Waals surface area contributed by atoms with Gasteiger partial charge in [-0.2, -0.15) is 0 Å². The third kappa shape index (κ3) is 15.2. The quantitative estimate of drug-likeness (QED) is 0.149. The summed E-state index contributed by atoms with van der Waals surface area (Å²) in [5.74, 6) is 0. The predicted octanol–water partition coefficient (Wildman–Crippen LogP) is 6.08. The fourth-order valence-corrected chi connectivity index (χ4v) is 1.24. The highest BCUT2D eigenvalue weighted by molar-refractivity contribution is 14.3. The highest BCUT2D eigenvalue weighted by Crippen LogP contribution is 2.37. The van der Waals surface area contributed by atoms with Crippen LogP contribution in [0.5, 0.6) is 0 Å². The van der Waals surface area contributed by atoms with Crippen LogP contribution >= 0.6 is 136 Å². The van der Waals surface area contributed by atoms with E-state index >= 15 is 0 Å². The number of ether oxygens (including phenoxy) is 2. The van der Waals surface area contributed by atoms with E-state index in [1.165, 1.54) is 12.5 Å². The van der Waals surface area contributed by atoms with Crippen molar-refractivity contribution in [2.24, 2.45) is 0 Å². The van der Waals surface area contributed by atoms with Crippen LogP contribution in [0.15, 0.2) is 24.7 Å². The summed E-state index contributed by atoms with van der Waals surface area (Å²) in [6.45, 7) is 0. The molecular weight excluding hydrogens is 893 g/mol. The van der Waals surface area contributed by atoms with Gasteiger partial charge in [-0.3, -0.25) is 0 Å². The van der Waals surface area contributed by atoms with Crippen LogP contribution in [0.1, 0.15) is 0 Å². The Morgan fingerprint density at radius 2 is 1.12 bits per heavy atom. The second-order valence-electron chi connectivity index (χ2n) is 2.17. The highest BCUT2D eigenvalue weighted by atomic mass is 127. The summed E-state index contributed by atoms with van der Waals surface area (Å²) in [7, 11) is 0. The van der Waals surface area contributed by atoms with Crippen LogP contribution in [-0.4, -0.2) is 5.03 Å². The Morgan fingerprint density at radius 3 is 1.38 bits per heavy atom. The number of alkyl halides is 6. The normalized spacial score (nSPS) is 13.4. The van der Waals surface area contributed by atoms with E-state index in [1.54, 1.807) is 12.2 Å². The molecule has 0 aromatic carbocycles. The third-order valence-electron chi connectivity index (χ3n) is 0.843. The second-order valence-corrected chi connectivity index (χ2v) is 24.8. The molecule has 0 aliphatic carbocycles. The van der Waals surface area contributed by atoms with Gasteiger partial charge in [-0.05, 0) is 12.2 Å². The number of allylic oxidation sites excluding steroid dienone is 2. The van der Waals surface area contributed by atoms with Gasteiger partial charge >= 0.3 is 6.16 Å². The van der Waals surface area contributed by atoms with Crippen LogP contribution in [0.25, 0.3) is 0 Å². The minimum absolute atomic E-state index is 0.106. The summed E-state index contributed by atoms with van der Waals surface area (Å²) >= 11 is 13.2. The molecular formula is C7H4I6O3. The number of carbonyl (C=O) groups is 1. The minimum atomic E-state index is -0.741. The van der Waals surface area contributed by atoms with Crippen molar-refractivity contribution in [3.05, 3.63) is 24.7 Å². The van der Waals surface area contributed by atoms with Gasteiger partial charge in [0.15, 0.2) is 0 Å². The van der Waals surface area contributed by atoms with Gasteiger partial charge in [0.25, 0.3) is 0 Å². The summed E-state index contributed by atoms with van der Waals surface area (Å²) < 4.78 is 9.22. The topological polar surface area (TPSA) is 35.5 Å². The second kappa shape index (κ2) is 9.14. The van der Waals surface area contributed by atoms with Crippen LogP contribution in [0.3, 0.4) is 0 Å². The first kappa shape index (κ1) is 19.1. The Kier molecular flexibility index (Phi) is 10.9. The molecule has 0 atom stereocenters. The molecule has 0 fully saturated rings. The molecule has 0 rings (SSSR count). The molecule has 0 saturated carbocycles. The largest absolute Gasteiger partial charge is 0.518 e. The van der Waals surface area contributed by atoms with Crippen LogP contribution < -0.4 is 0 Å². The predicted molar refractivity (Wildman–Crippen MR) is 115 cm³/mol. The monoisotopic (exact) mass is 897 g/mol. The lowest BCUT2D eigenvalue weighted by Gasteiger charge is -2.05. The summed E-state index contributed by atoms with van der Waals surface area (Å²) in [6.07, 6.45) is 5.41. The maximum Gasteiger partial charge on any atom is 0.518 e. The van der Waals surface area contributed by atoms with Crippen molar-refractivity contribution in [1.82, 2.24) is 0 Å². The van der Waals surface area contributed by atoms with Gasteiger partial charge < -0.3 is 9.47 Å². The molecule has 0 saturated heterocycles. The molecule has 3 nitrogen and oxygen atoms in total. The molecule has 0 N–H and O–H groups in total. The number of halogens is 6. The van der Waals surface area contributed by atoms with E-state index < -0.39 is 6.16 Å². The molecule has 0 unspecified atom stereocenters. The lowest BCUT2D eigenvalue weighted by Crippen LogP contribution is -2.01. The maximum absolute atomic E-state index is 11.1. The van der Waals surface area contributed by atoms with Crippen LogP contribution in [-0.2, 0) is 9.47 Å². The Labute approximate surface area is 176 Å². The van der Waals surface area contributed by atoms with Gasteiger partial charge in [-0.15, -0.1) is 0 Å². The van der Waals surface area contributed by atoms with E-state index in [4.69, 9.17) is 9.47 Å². The number of rotatable bonds is 4. The molecule has 0 aliphatic rings. The summed E-state index contributed by atoms with van der Waals surface area (Å²) in [6, 6.07) is 0. The smallest absolute Gasteiger partial charge is 0.403 e. The van der Waals surface area contributed by atoms with Crippen molar-refractivity contribution in [3.63, 3.8) is 0 Å². The SMILES string of the molecule is O=C(OC=CC(I)(I)I)OC=CC(I)(I)I. The van der Waals surface area contributed by atoms with Gasteiger partial charge in [-0.25, -0.2) is 4.79 Å². The molecule has 0 aliphatic heterocycles. The van der Waals surface area contributed by atoms with Crippen LogP contribution in [0.2, 0.25) is 0 Å². The molecule has 0 amide bonds. The highest BCUT2D eigenvalue weighted by Gasteiger charge is 2.13. The van der Waals surface area contributed by atoms with Crippen molar-refractivity contribution >= 4 is 142 Å². The minimum Gasteiger partial charge on any atom is -0.403 e. The molecule has 0 spiro atoms. The van der Waals surface area contributed by atoms with Crippen molar-refractivity contribution < 1.29 is 14.3 Å². The summed E-state index contributed by atoms with van der Waals surface area (Å²) in [5.41, 5.74) is 0. The number of hydrogen-bond acceptors (Lipinski definition) is 3. The molecule has 9 heteroatoms. The fraction of sp³-hybridized carbons (Fsp3) is 0.286. The molecule has 0 aromatic rings. The van der Waals surface area contributed by atoms with Gasteiger partial charge in [-0.1, -0.05) is 136 Å². The number of hydrogen-bond donors (Lipinski definition) is 0. The summed E-state index contributed by atoms with van der Waals surface area (Å²) in [4.78, 5) is 11.1. The van der Waals surface area contributed by atoms with Crippen molar-refractivity contribution in [2.75, 3.05) is 0 Å². The molecule has 0 aromatic heterocycles. The molecule has 92 valence electrons. The molecule has 0 bridgehead atoms. The molecule has 0 heterocycles. The first-order chi connectivity index (χ1) is 7.10. The van der Waals surface area contributed by atoms with Gasteiger partial charge in [0, 0.05) is 0 Å². The van der Waals surface area contributed by atoms with Gasteiger partial charge in [0.05, 0.1) is 12.5 Å². The standard InChI is InChI=1S/C7H4I6O3/c8-6(9,10)1-3-15-5(14)16-4-2-7(11,12)13/h1-4H. The Hall–Kier alpha value is 3.13. The zero-order valence-corrected chi connectivity index (χ0v) is 20.2. The van der Waals surface area contributed by atoms with Crippen LogP contribution in [0, 0.1) is 0 Å². The lowest BCUT2D eigenvalue weighted by atomic mass is 10.7. The van der Waals surface area contributed by atoms with Crippen molar-refractivity contribution in [2.45, 2.75) is -1.13 Å². The molecule has 0 radical (unpaired) electrons. The zero-order valence-electron chi connectivity index (χ0n) is 7.30. The fourth-order valence-electron chi connectivity index (χ4n) is 0.361. The first-order valence-corrected chi connectivity index (χ1v) is 9.93. The average Bonchev–Trinajstić information content (AvgIpc) is 1.98.